The van der Waals surface area contributed by atoms with Gasteiger partial charge in [-0.05, 0) is 41.3 Å². The Bertz CT molecular complexity index is 1080. The zero-order valence-electron chi connectivity index (χ0n) is 20.3. The van der Waals surface area contributed by atoms with E-state index in [4.69, 9.17) is 0 Å². The number of nitrogens with zero attached hydrogens (tertiary/aromatic N) is 1. The SMILES string of the molecule is CC(C)CNC(=O)C(Cc1ccccc1)N(Cc1cccc(Br)c1)C(=O)CCSc1ccccc1. The highest BCUT2D eigenvalue weighted by atomic mass is 79.9. The number of hydrogen-bond donors (Lipinski definition) is 1. The summed E-state index contributed by atoms with van der Waals surface area (Å²) in [5.41, 5.74) is 2.01. The predicted molar refractivity (Wildman–Crippen MR) is 148 cm³/mol. The van der Waals surface area contributed by atoms with Crippen molar-refractivity contribution in [3.8, 4) is 0 Å². The Morgan fingerprint density at radius 3 is 2.23 bits per heavy atom. The van der Waals surface area contributed by atoms with Crippen LogP contribution < -0.4 is 5.32 Å². The Labute approximate surface area is 221 Å². The molecule has 4 nitrogen and oxygen atoms in total. The summed E-state index contributed by atoms with van der Waals surface area (Å²) < 4.78 is 0.950. The molecule has 0 aromatic heterocycles. The topological polar surface area (TPSA) is 49.4 Å². The number of benzene rings is 3. The van der Waals surface area contributed by atoms with Gasteiger partial charge in [0.05, 0.1) is 0 Å². The highest BCUT2D eigenvalue weighted by molar-refractivity contribution is 9.10. The second-order valence-electron chi connectivity index (χ2n) is 8.91. The first-order valence-electron chi connectivity index (χ1n) is 12.0. The van der Waals surface area contributed by atoms with Gasteiger partial charge in [-0.2, -0.15) is 0 Å². The number of amides is 2. The molecule has 3 aromatic carbocycles. The van der Waals surface area contributed by atoms with Crippen LogP contribution in [-0.4, -0.2) is 35.1 Å². The van der Waals surface area contributed by atoms with Crippen LogP contribution >= 0.6 is 27.7 Å². The Kier molecular flexibility index (Phi) is 10.9. The van der Waals surface area contributed by atoms with Crippen LogP contribution in [0.1, 0.15) is 31.4 Å². The number of hydrogen-bond acceptors (Lipinski definition) is 3. The van der Waals surface area contributed by atoms with Crippen LogP contribution in [0.25, 0.3) is 0 Å². The quantitative estimate of drug-likeness (QED) is 0.266. The van der Waals surface area contributed by atoms with E-state index in [-0.39, 0.29) is 11.8 Å². The van der Waals surface area contributed by atoms with Gasteiger partial charge in [-0.1, -0.05) is 90.4 Å². The Morgan fingerprint density at radius 2 is 1.57 bits per heavy atom. The van der Waals surface area contributed by atoms with Crippen LogP contribution in [0.15, 0.2) is 94.3 Å². The van der Waals surface area contributed by atoms with Crippen LogP contribution in [0.5, 0.6) is 0 Å². The molecule has 184 valence electrons. The summed E-state index contributed by atoms with van der Waals surface area (Å²) in [6.45, 7) is 5.09. The van der Waals surface area contributed by atoms with E-state index in [2.05, 4.69) is 35.1 Å². The molecule has 0 radical (unpaired) electrons. The van der Waals surface area contributed by atoms with Crippen molar-refractivity contribution in [2.24, 2.45) is 5.92 Å². The van der Waals surface area contributed by atoms with Crippen molar-refractivity contribution in [1.82, 2.24) is 10.2 Å². The van der Waals surface area contributed by atoms with E-state index < -0.39 is 6.04 Å². The van der Waals surface area contributed by atoms with E-state index in [1.54, 1.807) is 16.7 Å². The zero-order chi connectivity index (χ0) is 25.0. The fourth-order valence-corrected chi connectivity index (χ4v) is 5.03. The number of carbonyl (C=O) groups excluding carboxylic acids is 2. The molecule has 0 fully saturated rings. The smallest absolute Gasteiger partial charge is 0.243 e. The number of rotatable bonds is 12. The summed E-state index contributed by atoms with van der Waals surface area (Å²) >= 11 is 5.19. The van der Waals surface area contributed by atoms with Gasteiger partial charge in [0.15, 0.2) is 0 Å². The maximum absolute atomic E-state index is 13.6. The summed E-state index contributed by atoms with van der Waals surface area (Å²) in [6, 6.07) is 27.3. The molecule has 0 heterocycles. The first kappa shape index (κ1) is 27.0. The van der Waals surface area contributed by atoms with Gasteiger partial charge in [0.25, 0.3) is 0 Å². The van der Waals surface area contributed by atoms with Crippen LogP contribution in [0.3, 0.4) is 0 Å². The molecule has 2 amide bonds. The van der Waals surface area contributed by atoms with Crippen molar-refractivity contribution in [2.75, 3.05) is 12.3 Å². The van der Waals surface area contributed by atoms with E-state index in [1.807, 2.05) is 84.9 Å². The molecular weight excluding hydrogens is 520 g/mol. The van der Waals surface area contributed by atoms with Crippen LogP contribution in [0.2, 0.25) is 0 Å². The molecule has 6 heteroatoms. The third kappa shape index (κ3) is 9.19. The minimum absolute atomic E-state index is 0.0194. The Morgan fingerprint density at radius 1 is 0.914 bits per heavy atom. The van der Waals surface area contributed by atoms with Crippen LogP contribution in [0.4, 0.5) is 0 Å². The lowest BCUT2D eigenvalue weighted by atomic mass is 10.0. The maximum Gasteiger partial charge on any atom is 0.243 e. The summed E-state index contributed by atoms with van der Waals surface area (Å²) in [5, 5.41) is 3.07. The molecule has 1 atom stereocenters. The molecule has 0 aliphatic heterocycles. The molecule has 0 aliphatic carbocycles. The molecule has 3 aromatic rings. The Hall–Kier alpha value is -2.57. The molecule has 35 heavy (non-hydrogen) atoms. The monoisotopic (exact) mass is 552 g/mol. The number of carbonyl (C=O) groups is 2. The lowest BCUT2D eigenvalue weighted by Gasteiger charge is -2.32. The zero-order valence-corrected chi connectivity index (χ0v) is 22.7. The predicted octanol–water partition coefficient (Wildman–Crippen LogP) is 6.34. The van der Waals surface area contributed by atoms with Gasteiger partial charge in [-0.15, -0.1) is 11.8 Å². The molecule has 0 saturated carbocycles. The molecule has 0 saturated heterocycles. The molecule has 0 aliphatic rings. The first-order valence-corrected chi connectivity index (χ1v) is 13.7. The van der Waals surface area contributed by atoms with Gasteiger partial charge in [-0.25, -0.2) is 0 Å². The standard InChI is InChI=1S/C29H33BrN2O2S/c1-22(2)20-31-29(34)27(19-23-10-5-3-6-11-23)32(21-24-12-9-13-25(30)18-24)28(33)16-17-35-26-14-7-4-8-15-26/h3-15,18,22,27H,16-17,19-21H2,1-2H3,(H,31,34). The summed E-state index contributed by atoms with van der Waals surface area (Å²) in [4.78, 5) is 29.9. The van der Waals surface area contributed by atoms with Gasteiger partial charge in [0, 0.05) is 41.1 Å². The third-order valence-electron chi connectivity index (χ3n) is 5.53. The lowest BCUT2D eigenvalue weighted by molar-refractivity contribution is -0.141. The third-order valence-corrected chi connectivity index (χ3v) is 7.03. The first-order chi connectivity index (χ1) is 16.9. The molecule has 0 spiro atoms. The second kappa shape index (κ2) is 14.1. The van der Waals surface area contributed by atoms with E-state index >= 15 is 0 Å². The van der Waals surface area contributed by atoms with Gasteiger partial charge >= 0.3 is 0 Å². The molecule has 1 unspecified atom stereocenters. The number of nitrogens with one attached hydrogen (secondary N) is 1. The summed E-state index contributed by atoms with van der Waals surface area (Å²) in [6.07, 6.45) is 0.826. The van der Waals surface area contributed by atoms with E-state index in [0.29, 0.717) is 37.6 Å². The Balaban J connectivity index is 1.84. The van der Waals surface area contributed by atoms with Gasteiger partial charge in [0.1, 0.15) is 6.04 Å². The van der Waals surface area contributed by atoms with Crippen molar-refractivity contribution >= 4 is 39.5 Å². The van der Waals surface area contributed by atoms with Crippen LogP contribution in [0, 0.1) is 5.92 Å². The van der Waals surface area contributed by atoms with E-state index in [9.17, 15) is 9.59 Å². The lowest BCUT2D eigenvalue weighted by Crippen LogP contribution is -2.51. The van der Waals surface area contributed by atoms with Crippen molar-refractivity contribution in [2.45, 2.75) is 44.2 Å². The molecule has 0 bridgehead atoms. The largest absolute Gasteiger partial charge is 0.354 e. The minimum Gasteiger partial charge on any atom is -0.354 e. The van der Waals surface area contributed by atoms with Crippen molar-refractivity contribution in [3.63, 3.8) is 0 Å². The molecule has 1 N–H and O–H groups in total. The van der Waals surface area contributed by atoms with E-state index in [0.717, 1.165) is 20.5 Å². The fraction of sp³-hybridized carbons (Fsp3) is 0.310. The number of halogens is 1. The second-order valence-corrected chi connectivity index (χ2v) is 11.0. The van der Waals surface area contributed by atoms with Crippen molar-refractivity contribution < 1.29 is 9.59 Å². The normalized spacial score (nSPS) is 11.8. The minimum atomic E-state index is -0.593. The van der Waals surface area contributed by atoms with E-state index in [1.165, 1.54) is 0 Å². The van der Waals surface area contributed by atoms with Crippen LogP contribution in [-0.2, 0) is 22.6 Å². The molecule has 3 rings (SSSR count). The highest BCUT2D eigenvalue weighted by Gasteiger charge is 2.30. The highest BCUT2D eigenvalue weighted by Crippen LogP contribution is 2.21. The summed E-state index contributed by atoms with van der Waals surface area (Å²) in [5.74, 6) is 0.854. The average Bonchev–Trinajstić information content (AvgIpc) is 2.86. The van der Waals surface area contributed by atoms with Gasteiger partial charge in [-0.3, -0.25) is 9.59 Å². The van der Waals surface area contributed by atoms with Crippen molar-refractivity contribution in [3.05, 3.63) is 101 Å². The maximum atomic E-state index is 13.6. The van der Waals surface area contributed by atoms with Crippen molar-refractivity contribution in [1.29, 1.82) is 0 Å². The summed E-state index contributed by atoms with van der Waals surface area (Å²) in [7, 11) is 0. The fourth-order valence-electron chi connectivity index (χ4n) is 3.73. The van der Waals surface area contributed by atoms with Gasteiger partial charge < -0.3 is 10.2 Å². The van der Waals surface area contributed by atoms with Gasteiger partial charge in [0.2, 0.25) is 11.8 Å². The number of thioether (sulfide) groups is 1. The average molecular weight is 554 g/mol. The molecular formula is C29H33BrN2O2S.